The molecule has 0 aromatic heterocycles. The summed E-state index contributed by atoms with van der Waals surface area (Å²) < 4.78 is 0. The van der Waals surface area contributed by atoms with Crippen LogP contribution < -0.4 is 5.32 Å². The number of fused-ring (bicyclic) bond motifs is 1. The van der Waals surface area contributed by atoms with Crippen molar-refractivity contribution in [3.05, 3.63) is 29.8 Å². The van der Waals surface area contributed by atoms with Gasteiger partial charge in [0.15, 0.2) is 0 Å². The molecule has 0 radical (unpaired) electrons. The highest BCUT2D eigenvalue weighted by molar-refractivity contribution is 5.80. The van der Waals surface area contributed by atoms with Crippen LogP contribution >= 0.6 is 0 Å². The molecule has 2 heteroatoms. The van der Waals surface area contributed by atoms with E-state index in [0.29, 0.717) is 25.2 Å². The zero-order chi connectivity index (χ0) is 11.4. The second kappa shape index (κ2) is 4.85. The number of benzene rings is 1. The molecule has 2 rings (SSSR count). The smallest absolute Gasteiger partial charge is 0.134 e. The van der Waals surface area contributed by atoms with Gasteiger partial charge in [-0.3, -0.25) is 4.79 Å². The van der Waals surface area contributed by atoms with Crippen molar-refractivity contribution in [2.45, 2.75) is 25.2 Å². The lowest BCUT2D eigenvalue weighted by Gasteiger charge is -2.08. The predicted octanol–water partition coefficient (Wildman–Crippen LogP) is 2.57. The molecule has 2 nitrogen and oxygen atoms in total. The van der Waals surface area contributed by atoms with Crippen molar-refractivity contribution < 1.29 is 4.79 Å². The molecule has 1 aromatic carbocycles. The summed E-state index contributed by atoms with van der Waals surface area (Å²) in [5, 5.41) is 3.32. The molecule has 1 aliphatic heterocycles. The van der Waals surface area contributed by atoms with Crippen LogP contribution in [0.3, 0.4) is 0 Å². The molecule has 82 valence electrons. The lowest BCUT2D eigenvalue weighted by molar-refractivity contribution is -0.119. The van der Waals surface area contributed by atoms with Crippen LogP contribution in [-0.2, 0) is 4.79 Å². The van der Waals surface area contributed by atoms with Gasteiger partial charge in [0.05, 0.1) is 0 Å². The molecule has 0 saturated carbocycles. The van der Waals surface area contributed by atoms with Crippen LogP contribution in [0.1, 0.15) is 30.7 Å². The first kappa shape index (κ1) is 10.8. The van der Waals surface area contributed by atoms with Crippen molar-refractivity contribution in [2.24, 2.45) is 0 Å². The molecule has 16 heavy (non-hydrogen) atoms. The Bertz CT molecular complexity index is 431. The van der Waals surface area contributed by atoms with E-state index < -0.39 is 0 Å². The van der Waals surface area contributed by atoms with Gasteiger partial charge in [0.2, 0.25) is 0 Å². The molecule has 0 bridgehead atoms. The van der Waals surface area contributed by atoms with Gasteiger partial charge < -0.3 is 5.32 Å². The summed E-state index contributed by atoms with van der Waals surface area (Å²) in [5.74, 6) is 3.09. The van der Waals surface area contributed by atoms with Gasteiger partial charge >= 0.3 is 0 Å². The van der Waals surface area contributed by atoms with E-state index in [1.807, 2.05) is 12.1 Å². The first-order valence-electron chi connectivity index (χ1n) is 5.59. The number of carbonyl (C=O) groups is 1. The minimum Gasteiger partial charge on any atom is -0.384 e. The highest BCUT2D eigenvalue weighted by Gasteiger charge is 2.23. The Kier molecular flexibility index (Phi) is 3.26. The van der Waals surface area contributed by atoms with Crippen LogP contribution in [-0.4, -0.2) is 12.3 Å². The molecule has 0 amide bonds. The first-order chi connectivity index (χ1) is 7.81. The van der Waals surface area contributed by atoms with Crippen molar-refractivity contribution in [3.63, 3.8) is 0 Å². The normalized spacial score (nSPS) is 17.3. The lowest BCUT2D eigenvalue weighted by Crippen LogP contribution is -2.08. The molecule has 1 aromatic rings. The second-order valence-electron chi connectivity index (χ2n) is 4.11. The minimum absolute atomic E-state index is 0.265. The third-order valence-corrected chi connectivity index (χ3v) is 2.96. The summed E-state index contributed by atoms with van der Waals surface area (Å²) in [6.45, 7) is 0.862. The highest BCUT2D eigenvalue weighted by atomic mass is 16.1. The number of hydrogen-bond acceptors (Lipinski definition) is 2. The molecule has 1 unspecified atom stereocenters. The Morgan fingerprint density at radius 2 is 2.31 bits per heavy atom. The van der Waals surface area contributed by atoms with Gasteiger partial charge in [0.25, 0.3) is 0 Å². The first-order valence-corrected chi connectivity index (χ1v) is 5.59. The molecular formula is C14H15NO. The summed E-state index contributed by atoms with van der Waals surface area (Å²) in [6, 6.07) is 8.18. The zero-order valence-electron chi connectivity index (χ0n) is 9.20. The number of anilines is 1. The van der Waals surface area contributed by atoms with Crippen molar-refractivity contribution in [1.29, 1.82) is 0 Å². The standard InChI is InChI=1S/C14H15NO/c1-2-3-6-12(16)9-11-10-15-14-8-5-4-7-13(11)14/h1,4-5,7-8,11,15H,3,6,9-10H2. The summed E-state index contributed by atoms with van der Waals surface area (Å²) in [5.41, 5.74) is 2.42. The van der Waals surface area contributed by atoms with E-state index in [1.165, 1.54) is 5.56 Å². The lowest BCUT2D eigenvalue weighted by atomic mass is 9.94. The fourth-order valence-electron chi connectivity index (χ4n) is 2.13. The third kappa shape index (κ3) is 2.25. The SMILES string of the molecule is C#CCCC(=O)CC1CNc2ccccc21. The topological polar surface area (TPSA) is 29.1 Å². The van der Waals surface area contributed by atoms with Gasteiger partial charge in [-0.15, -0.1) is 12.3 Å². The maximum absolute atomic E-state index is 11.6. The summed E-state index contributed by atoms with van der Waals surface area (Å²) >= 11 is 0. The number of Topliss-reactive ketones (excluding diaryl/α,β-unsaturated/α-hetero) is 1. The average molecular weight is 213 g/mol. The largest absolute Gasteiger partial charge is 0.384 e. The van der Waals surface area contributed by atoms with Crippen LogP contribution in [0.25, 0.3) is 0 Å². The Balaban J connectivity index is 1.98. The number of para-hydroxylation sites is 1. The Labute approximate surface area is 96.1 Å². The molecule has 1 heterocycles. The quantitative estimate of drug-likeness (QED) is 0.779. The molecule has 1 atom stereocenters. The van der Waals surface area contributed by atoms with Crippen LogP contribution in [0.15, 0.2) is 24.3 Å². The van der Waals surface area contributed by atoms with Crippen LogP contribution in [0, 0.1) is 12.3 Å². The fourth-order valence-corrected chi connectivity index (χ4v) is 2.13. The van der Waals surface area contributed by atoms with E-state index in [4.69, 9.17) is 6.42 Å². The number of hydrogen-bond donors (Lipinski definition) is 1. The van der Waals surface area contributed by atoms with E-state index in [1.54, 1.807) is 0 Å². The molecule has 0 fully saturated rings. The van der Waals surface area contributed by atoms with E-state index in [2.05, 4.69) is 23.4 Å². The van der Waals surface area contributed by atoms with Gasteiger partial charge in [-0.1, -0.05) is 18.2 Å². The summed E-state index contributed by atoms with van der Waals surface area (Å²) in [7, 11) is 0. The van der Waals surface area contributed by atoms with E-state index in [0.717, 1.165) is 12.2 Å². The average Bonchev–Trinajstić information content (AvgIpc) is 2.70. The van der Waals surface area contributed by atoms with Gasteiger partial charge in [-0.25, -0.2) is 0 Å². The second-order valence-corrected chi connectivity index (χ2v) is 4.11. The van der Waals surface area contributed by atoms with E-state index >= 15 is 0 Å². The van der Waals surface area contributed by atoms with E-state index in [9.17, 15) is 4.79 Å². The predicted molar refractivity (Wildman–Crippen MR) is 65.4 cm³/mol. The summed E-state index contributed by atoms with van der Waals surface area (Å²) in [4.78, 5) is 11.6. The van der Waals surface area contributed by atoms with Crippen LogP contribution in [0.4, 0.5) is 5.69 Å². The van der Waals surface area contributed by atoms with Crippen molar-refractivity contribution in [1.82, 2.24) is 0 Å². The van der Waals surface area contributed by atoms with Crippen molar-refractivity contribution in [2.75, 3.05) is 11.9 Å². The number of nitrogens with one attached hydrogen (secondary N) is 1. The van der Waals surface area contributed by atoms with Crippen LogP contribution in [0.5, 0.6) is 0 Å². The van der Waals surface area contributed by atoms with Gasteiger partial charge in [-0.05, 0) is 11.6 Å². The molecule has 1 aliphatic rings. The van der Waals surface area contributed by atoms with E-state index in [-0.39, 0.29) is 5.78 Å². The Morgan fingerprint density at radius 1 is 1.50 bits per heavy atom. The number of ketones is 1. The Hall–Kier alpha value is -1.75. The fraction of sp³-hybridized carbons (Fsp3) is 0.357. The maximum atomic E-state index is 11.6. The Morgan fingerprint density at radius 3 is 3.12 bits per heavy atom. The number of terminal acetylenes is 1. The highest BCUT2D eigenvalue weighted by Crippen LogP contribution is 2.33. The zero-order valence-corrected chi connectivity index (χ0v) is 9.20. The van der Waals surface area contributed by atoms with Crippen molar-refractivity contribution >= 4 is 11.5 Å². The van der Waals surface area contributed by atoms with Gasteiger partial charge in [-0.2, -0.15) is 0 Å². The number of rotatable bonds is 4. The maximum Gasteiger partial charge on any atom is 0.134 e. The van der Waals surface area contributed by atoms with Crippen molar-refractivity contribution in [3.8, 4) is 12.3 Å². The van der Waals surface area contributed by atoms with Crippen LogP contribution in [0.2, 0.25) is 0 Å². The molecule has 0 saturated heterocycles. The molecule has 0 aliphatic carbocycles. The summed E-state index contributed by atoms with van der Waals surface area (Å²) in [6.07, 6.45) is 6.82. The third-order valence-electron chi connectivity index (χ3n) is 2.96. The minimum atomic E-state index is 0.265. The van der Waals surface area contributed by atoms with Gasteiger partial charge in [0, 0.05) is 37.4 Å². The molecule has 1 N–H and O–H groups in total. The molecule has 0 spiro atoms. The van der Waals surface area contributed by atoms with Gasteiger partial charge in [0.1, 0.15) is 5.78 Å². The number of carbonyl (C=O) groups excluding carboxylic acids is 1. The monoisotopic (exact) mass is 213 g/mol. The molecular weight excluding hydrogens is 198 g/mol.